The van der Waals surface area contributed by atoms with Crippen molar-refractivity contribution in [2.24, 2.45) is 0 Å². The third kappa shape index (κ3) is 3.14. The Morgan fingerprint density at radius 1 is 1.30 bits per heavy atom. The summed E-state index contributed by atoms with van der Waals surface area (Å²) in [6.45, 7) is 1.34. The number of nitro benzene ring substituents is 1. The monoisotopic (exact) mass is 331 g/mol. The highest BCUT2D eigenvalue weighted by Gasteiger charge is 2.18. The molecule has 8 nitrogen and oxygen atoms in total. The zero-order valence-electron chi connectivity index (χ0n) is 11.8. The van der Waals surface area contributed by atoms with Crippen molar-refractivity contribution in [3.8, 4) is 11.7 Å². The lowest BCUT2D eigenvalue weighted by atomic mass is 10.1. The van der Waals surface area contributed by atoms with E-state index in [1.54, 1.807) is 12.1 Å². The third-order valence-electron chi connectivity index (χ3n) is 2.89. The summed E-state index contributed by atoms with van der Waals surface area (Å²) in [6.07, 6.45) is 1.48. The summed E-state index contributed by atoms with van der Waals surface area (Å²) >= 11 is 1.06. The number of rotatable bonds is 5. The number of furan rings is 1. The number of nitro groups is 1. The number of ketones is 1. The highest BCUT2D eigenvalue weighted by atomic mass is 32.2. The summed E-state index contributed by atoms with van der Waals surface area (Å²) in [5.74, 6) is 0.352. The third-order valence-corrected chi connectivity index (χ3v) is 3.80. The Hall–Kier alpha value is -2.94. The van der Waals surface area contributed by atoms with Gasteiger partial charge in [0.2, 0.25) is 0 Å². The van der Waals surface area contributed by atoms with Crippen molar-refractivity contribution in [2.75, 3.05) is 0 Å². The van der Waals surface area contributed by atoms with E-state index in [2.05, 4.69) is 10.2 Å². The van der Waals surface area contributed by atoms with Crippen LogP contribution in [0.2, 0.25) is 0 Å². The van der Waals surface area contributed by atoms with Gasteiger partial charge in [0.25, 0.3) is 16.8 Å². The summed E-state index contributed by atoms with van der Waals surface area (Å²) in [6, 6.07) is 7.40. The normalized spacial score (nSPS) is 10.7. The molecule has 23 heavy (non-hydrogen) atoms. The number of carbonyl (C=O) groups excluding carboxylic acids is 1. The highest BCUT2D eigenvalue weighted by molar-refractivity contribution is 7.99. The van der Waals surface area contributed by atoms with Gasteiger partial charge >= 0.3 is 0 Å². The van der Waals surface area contributed by atoms with Crippen molar-refractivity contribution < 1.29 is 18.6 Å². The maximum atomic E-state index is 11.7. The predicted octanol–water partition coefficient (Wildman–Crippen LogP) is 3.59. The molecule has 0 saturated carbocycles. The van der Waals surface area contributed by atoms with Crippen LogP contribution >= 0.6 is 11.8 Å². The van der Waals surface area contributed by atoms with Crippen LogP contribution in [0.4, 0.5) is 5.69 Å². The molecule has 3 aromatic rings. The molecule has 0 bridgehead atoms. The van der Waals surface area contributed by atoms with Gasteiger partial charge in [0.1, 0.15) is 0 Å². The number of Topliss-reactive ketones (excluding diaryl/α,β-unsaturated/α-hetero) is 1. The van der Waals surface area contributed by atoms with Crippen LogP contribution in [0.3, 0.4) is 0 Å². The number of hydrogen-bond donors (Lipinski definition) is 0. The van der Waals surface area contributed by atoms with Gasteiger partial charge in [-0.25, -0.2) is 0 Å². The van der Waals surface area contributed by atoms with E-state index in [-0.39, 0.29) is 28.1 Å². The van der Waals surface area contributed by atoms with Gasteiger partial charge in [-0.1, -0.05) is 0 Å². The maximum absolute atomic E-state index is 11.7. The zero-order valence-corrected chi connectivity index (χ0v) is 12.6. The average Bonchev–Trinajstić information content (AvgIpc) is 3.17. The molecule has 0 N–H and O–H groups in total. The molecule has 0 unspecified atom stereocenters. The topological polar surface area (TPSA) is 112 Å². The summed E-state index contributed by atoms with van der Waals surface area (Å²) in [4.78, 5) is 22.5. The van der Waals surface area contributed by atoms with Crippen molar-refractivity contribution in [3.63, 3.8) is 0 Å². The van der Waals surface area contributed by atoms with Gasteiger partial charge in [0.05, 0.1) is 11.2 Å². The minimum Gasteiger partial charge on any atom is -0.459 e. The zero-order chi connectivity index (χ0) is 16.4. The molecule has 3 rings (SSSR count). The molecule has 9 heteroatoms. The first-order valence-electron chi connectivity index (χ1n) is 6.39. The molecule has 0 fully saturated rings. The molecule has 0 saturated heterocycles. The van der Waals surface area contributed by atoms with Gasteiger partial charge in [0.15, 0.2) is 11.5 Å². The second-order valence-electron chi connectivity index (χ2n) is 4.45. The molecule has 2 aromatic heterocycles. The quantitative estimate of drug-likeness (QED) is 0.396. The number of nitrogens with zero attached hydrogens (tertiary/aromatic N) is 3. The standard InChI is InChI=1S/C14H9N3O5S/c1-8(18)10-7-9(17(19)20)4-5-12(10)23-14-16-15-13(22-14)11-3-2-6-21-11/h2-7H,1H3. The molecule has 0 aliphatic heterocycles. The van der Waals surface area contributed by atoms with E-state index in [4.69, 9.17) is 8.83 Å². The van der Waals surface area contributed by atoms with Crippen LogP contribution in [-0.4, -0.2) is 20.9 Å². The van der Waals surface area contributed by atoms with Crippen molar-refractivity contribution in [2.45, 2.75) is 17.0 Å². The van der Waals surface area contributed by atoms with Crippen LogP contribution in [0, 0.1) is 10.1 Å². The summed E-state index contributed by atoms with van der Waals surface area (Å²) in [5, 5.41) is 18.7. The lowest BCUT2D eigenvalue weighted by Gasteiger charge is -2.03. The van der Waals surface area contributed by atoms with E-state index in [1.165, 1.54) is 31.4 Å². The van der Waals surface area contributed by atoms with E-state index in [1.807, 2.05) is 0 Å². The van der Waals surface area contributed by atoms with Gasteiger partial charge < -0.3 is 8.83 Å². The molecule has 116 valence electrons. The molecular formula is C14H9N3O5S. The molecular weight excluding hydrogens is 322 g/mol. The van der Waals surface area contributed by atoms with E-state index in [0.717, 1.165) is 11.8 Å². The SMILES string of the molecule is CC(=O)c1cc([N+](=O)[O-])ccc1Sc1nnc(-c2ccco2)o1. The molecule has 0 aliphatic carbocycles. The number of aromatic nitrogens is 2. The van der Waals surface area contributed by atoms with Crippen molar-refractivity contribution in [3.05, 3.63) is 52.3 Å². The molecule has 1 aromatic carbocycles. The van der Waals surface area contributed by atoms with Crippen molar-refractivity contribution >= 4 is 23.2 Å². The van der Waals surface area contributed by atoms with Crippen LogP contribution in [-0.2, 0) is 0 Å². The Morgan fingerprint density at radius 3 is 2.78 bits per heavy atom. The first-order chi connectivity index (χ1) is 11.0. The maximum Gasteiger partial charge on any atom is 0.284 e. The van der Waals surface area contributed by atoms with Crippen molar-refractivity contribution in [1.82, 2.24) is 10.2 Å². The van der Waals surface area contributed by atoms with Crippen LogP contribution in [0.15, 0.2) is 55.5 Å². The smallest absolute Gasteiger partial charge is 0.284 e. The molecule has 2 heterocycles. The lowest BCUT2D eigenvalue weighted by molar-refractivity contribution is -0.384. The summed E-state index contributed by atoms with van der Waals surface area (Å²) in [7, 11) is 0. The van der Waals surface area contributed by atoms with Crippen LogP contribution in [0.1, 0.15) is 17.3 Å². The second kappa shape index (κ2) is 6.05. The molecule has 0 aliphatic rings. The van der Waals surface area contributed by atoms with Crippen molar-refractivity contribution in [1.29, 1.82) is 0 Å². The van der Waals surface area contributed by atoms with E-state index >= 15 is 0 Å². The fraction of sp³-hybridized carbons (Fsp3) is 0.0714. The summed E-state index contributed by atoms with van der Waals surface area (Å²) < 4.78 is 10.6. The minimum absolute atomic E-state index is 0.152. The fourth-order valence-corrected chi connectivity index (χ4v) is 2.68. The molecule has 0 atom stereocenters. The number of benzene rings is 1. The van der Waals surface area contributed by atoms with Gasteiger partial charge in [0, 0.05) is 22.6 Å². The number of hydrogen-bond acceptors (Lipinski definition) is 8. The van der Waals surface area contributed by atoms with Gasteiger partial charge in [-0.2, -0.15) is 0 Å². The molecule has 0 radical (unpaired) electrons. The molecule has 0 spiro atoms. The van der Waals surface area contributed by atoms with Crippen LogP contribution in [0.25, 0.3) is 11.7 Å². The second-order valence-corrected chi connectivity index (χ2v) is 5.44. The fourth-order valence-electron chi connectivity index (χ4n) is 1.84. The number of carbonyl (C=O) groups is 1. The van der Waals surface area contributed by atoms with Crippen LogP contribution in [0.5, 0.6) is 0 Å². The Bertz CT molecular complexity index is 872. The first-order valence-corrected chi connectivity index (χ1v) is 7.21. The van der Waals surface area contributed by atoms with Gasteiger partial charge in [-0.05, 0) is 36.9 Å². The van der Waals surface area contributed by atoms with Gasteiger partial charge in [-0.3, -0.25) is 14.9 Å². The Morgan fingerprint density at radius 2 is 2.13 bits per heavy atom. The Labute approximate surface area is 133 Å². The van der Waals surface area contributed by atoms with Crippen LogP contribution < -0.4 is 0 Å². The van der Waals surface area contributed by atoms with Gasteiger partial charge in [-0.15, -0.1) is 10.2 Å². The minimum atomic E-state index is -0.553. The van der Waals surface area contributed by atoms with E-state index in [9.17, 15) is 14.9 Å². The van der Waals surface area contributed by atoms with E-state index in [0.29, 0.717) is 10.7 Å². The predicted molar refractivity (Wildman–Crippen MR) is 79.2 cm³/mol. The lowest BCUT2D eigenvalue weighted by Crippen LogP contribution is -1.98. The largest absolute Gasteiger partial charge is 0.459 e. The first kappa shape index (κ1) is 15.0. The van der Waals surface area contributed by atoms with E-state index < -0.39 is 4.92 Å². The Kier molecular flexibility index (Phi) is 3.94. The Balaban J connectivity index is 1.91. The number of non-ortho nitro benzene ring substituents is 1. The summed E-state index contributed by atoms with van der Waals surface area (Å²) in [5.41, 5.74) is 0.0725. The molecule has 0 amide bonds. The average molecular weight is 331 g/mol. The highest BCUT2D eigenvalue weighted by Crippen LogP contribution is 2.33.